The molecule has 190 valence electrons. The smallest absolute Gasteiger partial charge is 0.350 e. The van der Waals surface area contributed by atoms with Gasteiger partial charge in [-0.15, -0.1) is 22.7 Å². The Hall–Kier alpha value is -2.41. The molecule has 1 aliphatic carbocycles. The lowest BCUT2D eigenvalue weighted by atomic mass is 9.81. The number of aliphatic hydroxyl groups is 1. The average molecular weight is 522 g/mol. The molecule has 1 aliphatic heterocycles. The van der Waals surface area contributed by atoms with E-state index in [0.29, 0.717) is 21.6 Å². The zero-order chi connectivity index (χ0) is 24.8. The summed E-state index contributed by atoms with van der Waals surface area (Å²) < 4.78 is 6.07. The molecule has 0 spiro atoms. The van der Waals surface area contributed by atoms with Crippen molar-refractivity contribution in [3.63, 3.8) is 0 Å². The van der Waals surface area contributed by atoms with Crippen molar-refractivity contribution in [1.29, 1.82) is 0 Å². The minimum Gasteiger partial charge on any atom is -0.455 e. The highest BCUT2D eigenvalue weighted by atomic mass is 32.1. The summed E-state index contributed by atoms with van der Waals surface area (Å²) in [6.07, 6.45) is 11.8. The summed E-state index contributed by atoms with van der Waals surface area (Å²) >= 11 is 2.76. The van der Waals surface area contributed by atoms with Crippen molar-refractivity contribution in [2.24, 2.45) is 11.8 Å². The van der Waals surface area contributed by atoms with Crippen molar-refractivity contribution >= 4 is 28.6 Å². The molecule has 5 rings (SSSR count). The molecule has 2 aromatic heterocycles. The second-order valence-corrected chi connectivity index (χ2v) is 12.0. The molecule has 0 amide bonds. The van der Waals surface area contributed by atoms with Gasteiger partial charge in [-0.1, -0.05) is 61.7 Å². The Morgan fingerprint density at radius 2 is 1.64 bits per heavy atom. The SMILES string of the molecule is O=C(OC(/C=C/N1CCC(Cc2ccccc2)CC1)CC1CCC1)C(O)(c1cccs1)c1cccs1. The largest absolute Gasteiger partial charge is 0.455 e. The first-order valence-electron chi connectivity index (χ1n) is 13.1. The third-order valence-corrected chi connectivity index (χ3v) is 9.58. The summed E-state index contributed by atoms with van der Waals surface area (Å²) in [5, 5.41) is 15.4. The number of hydrogen-bond acceptors (Lipinski definition) is 6. The molecule has 36 heavy (non-hydrogen) atoms. The number of thiophene rings is 2. The van der Waals surface area contributed by atoms with Crippen LogP contribution in [0, 0.1) is 11.8 Å². The van der Waals surface area contributed by atoms with Crippen molar-refractivity contribution in [3.05, 3.63) is 93.0 Å². The Morgan fingerprint density at radius 3 is 2.19 bits per heavy atom. The summed E-state index contributed by atoms with van der Waals surface area (Å²) in [7, 11) is 0. The first kappa shape index (κ1) is 25.2. The minimum absolute atomic E-state index is 0.337. The maximum atomic E-state index is 13.5. The first-order valence-corrected chi connectivity index (χ1v) is 14.8. The van der Waals surface area contributed by atoms with E-state index in [1.807, 2.05) is 35.0 Å². The maximum absolute atomic E-state index is 13.5. The fraction of sp³-hybridized carbons (Fsp3) is 0.433. The molecule has 0 bridgehead atoms. The van der Waals surface area contributed by atoms with Gasteiger partial charge < -0.3 is 14.7 Å². The van der Waals surface area contributed by atoms with E-state index in [-0.39, 0.29) is 6.10 Å². The van der Waals surface area contributed by atoms with Gasteiger partial charge >= 0.3 is 5.97 Å². The van der Waals surface area contributed by atoms with E-state index in [9.17, 15) is 9.90 Å². The quantitative estimate of drug-likeness (QED) is 0.305. The Labute approximate surface area is 222 Å². The lowest BCUT2D eigenvalue weighted by molar-refractivity contribution is -0.166. The molecule has 2 fully saturated rings. The lowest BCUT2D eigenvalue weighted by Crippen LogP contribution is -2.39. The zero-order valence-corrected chi connectivity index (χ0v) is 22.3. The molecular weight excluding hydrogens is 486 g/mol. The minimum atomic E-state index is -1.76. The third kappa shape index (κ3) is 5.93. The maximum Gasteiger partial charge on any atom is 0.350 e. The Bertz CT molecular complexity index is 1060. The first-order chi connectivity index (χ1) is 17.6. The number of hydrogen-bond donors (Lipinski definition) is 1. The highest BCUT2D eigenvalue weighted by Gasteiger charge is 2.44. The van der Waals surface area contributed by atoms with E-state index >= 15 is 0 Å². The van der Waals surface area contributed by atoms with Crippen LogP contribution in [0.25, 0.3) is 0 Å². The molecule has 1 N–H and O–H groups in total. The highest BCUT2D eigenvalue weighted by Crippen LogP contribution is 2.38. The Morgan fingerprint density at radius 1 is 0.972 bits per heavy atom. The number of likely N-dealkylation sites (tertiary alicyclic amines) is 1. The van der Waals surface area contributed by atoms with Crippen LogP contribution in [0.15, 0.2) is 77.6 Å². The van der Waals surface area contributed by atoms with Crippen LogP contribution in [-0.4, -0.2) is 35.2 Å². The molecule has 3 heterocycles. The summed E-state index contributed by atoms with van der Waals surface area (Å²) in [5.74, 6) is 0.718. The van der Waals surface area contributed by atoms with Crippen LogP contribution in [0.1, 0.15) is 53.8 Å². The number of carbonyl (C=O) groups excluding carboxylic acids is 1. The molecule has 4 nitrogen and oxygen atoms in total. The van der Waals surface area contributed by atoms with Gasteiger partial charge in [0.2, 0.25) is 5.60 Å². The van der Waals surface area contributed by atoms with Crippen LogP contribution < -0.4 is 0 Å². The molecule has 2 aliphatic rings. The third-order valence-electron chi connectivity index (χ3n) is 7.63. The van der Waals surface area contributed by atoms with E-state index in [0.717, 1.165) is 25.9 Å². The van der Waals surface area contributed by atoms with Crippen LogP contribution in [0.5, 0.6) is 0 Å². The fourth-order valence-corrected chi connectivity index (χ4v) is 6.92. The molecule has 1 saturated carbocycles. The number of esters is 1. The number of ether oxygens (including phenoxy) is 1. The average Bonchev–Trinajstić information content (AvgIpc) is 3.61. The second kappa shape index (κ2) is 11.8. The Kier molecular flexibility index (Phi) is 8.25. The van der Waals surface area contributed by atoms with Crippen LogP contribution in [0.4, 0.5) is 0 Å². The molecular formula is C30H35NO3S2. The van der Waals surface area contributed by atoms with Crippen LogP contribution >= 0.6 is 22.7 Å². The van der Waals surface area contributed by atoms with E-state index in [1.54, 1.807) is 0 Å². The molecule has 1 saturated heterocycles. The van der Waals surface area contributed by atoms with Crippen LogP contribution in [0.2, 0.25) is 0 Å². The van der Waals surface area contributed by atoms with Crippen molar-refractivity contribution < 1.29 is 14.6 Å². The Balaban J connectivity index is 1.23. The normalized spacial score (nSPS) is 18.3. The lowest BCUT2D eigenvalue weighted by Gasteiger charge is -2.33. The van der Waals surface area contributed by atoms with Gasteiger partial charge in [-0.2, -0.15) is 0 Å². The van der Waals surface area contributed by atoms with Crippen LogP contribution in [0.3, 0.4) is 0 Å². The van der Waals surface area contributed by atoms with Gasteiger partial charge in [0.15, 0.2) is 0 Å². The number of carbonyl (C=O) groups is 1. The van der Waals surface area contributed by atoms with Crippen molar-refractivity contribution in [3.8, 4) is 0 Å². The molecule has 6 heteroatoms. The molecule has 1 aromatic carbocycles. The van der Waals surface area contributed by atoms with Gasteiger partial charge in [-0.25, -0.2) is 4.79 Å². The summed E-state index contributed by atoms with van der Waals surface area (Å²) in [4.78, 5) is 17.1. The molecule has 1 unspecified atom stereocenters. The summed E-state index contributed by atoms with van der Waals surface area (Å²) in [6, 6.07) is 18.1. The molecule has 0 radical (unpaired) electrons. The summed E-state index contributed by atoms with van der Waals surface area (Å²) in [5.41, 5.74) is -0.341. The van der Waals surface area contributed by atoms with Gasteiger partial charge in [0.25, 0.3) is 0 Å². The van der Waals surface area contributed by atoms with Crippen molar-refractivity contribution in [2.75, 3.05) is 13.1 Å². The number of rotatable bonds is 10. The molecule has 3 aromatic rings. The van der Waals surface area contributed by atoms with Gasteiger partial charge in [0.05, 0.1) is 9.75 Å². The monoisotopic (exact) mass is 521 g/mol. The predicted octanol–water partition coefficient (Wildman–Crippen LogP) is 6.62. The van der Waals surface area contributed by atoms with Crippen molar-refractivity contribution in [1.82, 2.24) is 4.90 Å². The van der Waals surface area contributed by atoms with Gasteiger partial charge in [-0.05, 0) is 78.3 Å². The zero-order valence-electron chi connectivity index (χ0n) is 20.6. The van der Waals surface area contributed by atoms with E-state index in [2.05, 4.69) is 47.5 Å². The highest BCUT2D eigenvalue weighted by molar-refractivity contribution is 7.12. The van der Waals surface area contributed by atoms with E-state index < -0.39 is 11.6 Å². The topological polar surface area (TPSA) is 49.8 Å². The number of benzene rings is 1. The van der Waals surface area contributed by atoms with Crippen molar-refractivity contribution in [2.45, 2.75) is 56.7 Å². The summed E-state index contributed by atoms with van der Waals surface area (Å²) in [6.45, 7) is 2.04. The number of piperidine rings is 1. The predicted molar refractivity (Wildman–Crippen MR) is 147 cm³/mol. The van der Waals surface area contributed by atoms with Gasteiger partial charge in [0, 0.05) is 13.1 Å². The fourth-order valence-electron chi connectivity index (χ4n) is 5.21. The van der Waals surface area contributed by atoms with E-state index in [1.165, 1.54) is 60.3 Å². The second-order valence-electron chi connectivity index (χ2n) is 10.2. The number of nitrogens with zero attached hydrogens (tertiary/aromatic N) is 1. The van der Waals surface area contributed by atoms with Crippen LogP contribution in [-0.2, 0) is 21.6 Å². The van der Waals surface area contributed by atoms with Gasteiger partial charge in [0.1, 0.15) is 6.10 Å². The molecule has 1 atom stereocenters. The van der Waals surface area contributed by atoms with Gasteiger partial charge in [-0.3, -0.25) is 0 Å². The standard InChI is InChI=1S/C30H35NO3S2/c32-29(30(33,27-11-5-19-35-27)28-12-6-20-36-28)34-26(22-24-9-4-10-24)15-18-31-16-13-25(14-17-31)21-23-7-2-1-3-8-23/h1-3,5-8,11-12,15,18-20,24-26,33H,4,9-10,13-14,16-17,21-22H2/b18-15+. The van der Waals surface area contributed by atoms with E-state index in [4.69, 9.17) is 4.74 Å².